The van der Waals surface area contributed by atoms with Gasteiger partial charge in [0, 0.05) is 28.7 Å². The summed E-state index contributed by atoms with van der Waals surface area (Å²) in [6.07, 6.45) is 10.4. The first-order valence-corrected chi connectivity index (χ1v) is 11.5. The predicted molar refractivity (Wildman–Crippen MR) is 118 cm³/mol. The summed E-state index contributed by atoms with van der Waals surface area (Å²) in [5.74, 6) is 2.05. The van der Waals surface area contributed by atoms with Crippen molar-refractivity contribution in [2.24, 2.45) is 34.5 Å². The van der Waals surface area contributed by atoms with E-state index >= 15 is 0 Å². The average Bonchev–Trinajstić information content (AvgIpc) is 3.06. The third kappa shape index (κ3) is 2.89. The fourth-order valence-corrected chi connectivity index (χ4v) is 7.61. The maximum atomic E-state index is 13.3. The molecule has 4 aliphatic rings. The Kier molecular flexibility index (Phi) is 4.49. The number of fused-ring (bicyclic) bond motifs is 5. The largest absolute Gasteiger partial charge is 0.399 e. The van der Waals surface area contributed by atoms with Gasteiger partial charge in [-0.15, -0.1) is 0 Å². The van der Waals surface area contributed by atoms with Crippen LogP contribution >= 0.6 is 0 Å². The molecule has 0 radical (unpaired) electrons. The molecule has 5 nitrogen and oxygen atoms in total. The van der Waals surface area contributed by atoms with Crippen molar-refractivity contribution in [2.75, 3.05) is 11.1 Å². The summed E-state index contributed by atoms with van der Waals surface area (Å²) in [4.78, 5) is 25.2. The van der Waals surface area contributed by atoms with Gasteiger partial charge in [-0.1, -0.05) is 26.0 Å². The maximum absolute atomic E-state index is 13.3. The van der Waals surface area contributed by atoms with Crippen LogP contribution in [-0.2, 0) is 9.59 Å². The van der Waals surface area contributed by atoms with Gasteiger partial charge in [0.25, 0.3) is 0 Å². The van der Waals surface area contributed by atoms with Crippen LogP contribution in [0.2, 0.25) is 0 Å². The summed E-state index contributed by atoms with van der Waals surface area (Å²) in [7, 11) is 0. The van der Waals surface area contributed by atoms with E-state index < -0.39 is 0 Å². The lowest BCUT2D eigenvalue weighted by Gasteiger charge is -2.58. The van der Waals surface area contributed by atoms with Gasteiger partial charge in [0.05, 0.1) is 0 Å². The van der Waals surface area contributed by atoms with Crippen LogP contribution in [0.15, 0.2) is 36.4 Å². The minimum Gasteiger partial charge on any atom is -0.399 e. The summed E-state index contributed by atoms with van der Waals surface area (Å²) in [5, 5.41) is 6.35. The molecule has 160 valence electrons. The number of anilines is 2. The Morgan fingerprint density at radius 3 is 2.77 bits per heavy atom. The molecule has 30 heavy (non-hydrogen) atoms. The van der Waals surface area contributed by atoms with Crippen LogP contribution in [0.5, 0.6) is 0 Å². The molecule has 0 saturated heterocycles. The number of carbonyl (C=O) groups is 2. The highest BCUT2D eigenvalue weighted by Crippen LogP contribution is 2.65. The molecule has 5 rings (SSSR count). The molecule has 0 bridgehead atoms. The van der Waals surface area contributed by atoms with Gasteiger partial charge in [-0.2, -0.15) is 0 Å². The molecule has 5 unspecified atom stereocenters. The Bertz CT molecular complexity index is 911. The van der Waals surface area contributed by atoms with E-state index in [2.05, 4.69) is 30.6 Å². The van der Waals surface area contributed by atoms with Crippen molar-refractivity contribution in [1.29, 1.82) is 0 Å². The van der Waals surface area contributed by atoms with Gasteiger partial charge in [-0.25, -0.2) is 0 Å². The van der Waals surface area contributed by atoms with Crippen molar-refractivity contribution in [3.8, 4) is 0 Å². The number of hydrogen-bond acceptors (Lipinski definition) is 3. The van der Waals surface area contributed by atoms with Gasteiger partial charge in [-0.05, 0) is 86.0 Å². The Morgan fingerprint density at radius 1 is 1.13 bits per heavy atom. The van der Waals surface area contributed by atoms with Crippen molar-refractivity contribution in [1.82, 2.24) is 5.32 Å². The van der Waals surface area contributed by atoms with E-state index in [1.54, 1.807) is 6.08 Å². The predicted octanol–water partition coefficient (Wildman–Crippen LogP) is 4.12. The summed E-state index contributed by atoms with van der Waals surface area (Å²) in [5.41, 5.74) is 7.44. The molecule has 0 aromatic heterocycles. The summed E-state index contributed by atoms with van der Waals surface area (Å²) >= 11 is 0. The number of rotatable bonds is 2. The first kappa shape index (κ1) is 19.7. The highest BCUT2D eigenvalue weighted by Gasteiger charge is 2.60. The lowest BCUT2D eigenvalue weighted by molar-refractivity contribution is -0.129. The number of benzene rings is 1. The van der Waals surface area contributed by atoms with Crippen molar-refractivity contribution in [3.05, 3.63) is 36.4 Å². The lowest BCUT2D eigenvalue weighted by Crippen LogP contribution is -2.59. The molecule has 0 spiro atoms. The van der Waals surface area contributed by atoms with Gasteiger partial charge in [0.15, 0.2) is 0 Å². The molecule has 4 N–H and O–H groups in total. The summed E-state index contributed by atoms with van der Waals surface area (Å²) in [6.45, 7) is 4.70. The van der Waals surface area contributed by atoms with Crippen LogP contribution in [-0.4, -0.2) is 17.9 Å². The molecular formula is C25H33N3O2. The Labute approximate surface area is 178 Å². The summed E-state index contributed by atoms with van der Waals surface area (Å²) in [6, 6.07) is 7.71. The number of carbonyl (C=O) groups excluding carboxylic acids is 2. The van der Waals surface area contributed by atoms with Gasteiger partial charge in [0.1, 0.15) is 0 Å². The van der Waals surface area contributed by atoms with E-state index in [0.717, 1.165) is 44.2 Å². The van der Waals surface area contributed by atoms with E-state index in [9.17, 15) is 9.59 Å². The second kappa shape index (κ2) is 6.86. The highest BCUT2D eigenvalue weighted by molar-refractivity contribution is 5.93. The van der Waals surface area contributed by atoms with Gasteiger partial charge < -0.3 is 16.4 Å². The topological polar surface area (TPSA) is 84.2 Å². The third-order valence-electron chi connectivity index (χ3n) is 9.16. The quantitative estimate of drug-likeness (QED) is 0.645. The monoisotopic (exact) mass is 407 g/mol. The van der Waals surface area contributed by atoms with Gasteiger partial charge in [-0.3, -0.25) is 9.59 Å². The molecular weight excluding hydrogens is 374 g/mol. The molecule has 3 aliphatic carbocycles. The van der Waals surface area contributed by atoms with Crippen LogP contribution in [0.4, 0.5) is 11.4 Å². The average molecular weight is 408 g/mol. The van der Waals surface area contributed by atoms with E-state index in [0.29, 0.717) is 23.4 Å². The highest BCUT2D eigenvalue weighted by atomic mass is 16.2. The van der Waals surface area contributed by atoms with Crippen LogP contribution < -0.4 is 16.4 Å². The van der Waals surface area contributed by atoms with Crippen LogP contribution in [0, 0.1) is 34.5 Å². The number of nitrogen functional groups attached to an aromatic ring is 1. The molecule has 7 atom stereocenters. The van der Waals surface area contributed by atoms with Crippen molar-refractivity contribution in [2.45, 2.75) is 58.4 Å². The van der Waals surface area contributed by atoms with Crippen LogP contribution in [0.1, 0.15) is 52.4 Å². The Morgan fingerprint density at radius 2 is 1.97 bits per heavy atom. The van der Waals surface area contributed by atoms with Gasteiger partial charge in [0.2, 0.25) is 11.8 Å². The molecule has 5 heteroatoms. The lowest BCUT2D eigenvalue weighted by atomic mass is 9.48. The van der Waals surface area contributed by atoms with E-state index in [-0.39, 0.29) is 34.6 Å². The van der Waals surface area contributed by atoms with E-state index in [4.69, 9.17) is 5.73 Å². The molecule has 1 aliphatic heterocycles. The summed E-state index contributed by atoms with van der Waals surface area (Å²) < 4.78 is 0. The van der Waals surface area contributed by atoms with Crippen LogP contribution in [0.25, 0.3) is 0 Å². The zero-order valence-corrected chi connectivity index (χ0v) is 18.0. The normalized spacial score (nSPS) is 41.9. The molecule has 2 amide bonds. The number of nitrogens with two attached hydrogens (primary N) is 1. The minimum atomic E-state index is 0.0417. The van der Waals surface area contributed by atoms with Gasteiger partial charge >= 0.3 is 0 Å². The standard InChI is InChI=1S/C25H33N3O2/c1-24-12-10-19-17(6-9-21-25(19,2)13-11-22(29)28-21)18(24)7-8-20(24)23(30)27-16-5-3-4-15(26)14-16/h3-5,11,13-14,17-21H,6-10,12,26H2,1-2H3,(H,27,30)(H,28,29)/t17?,18?,19?,20?,21?,24-,25+/m0/s1. The van der Waals surface area contributed by atoms with E-state index in [1.165, 1.54) is 0 Å². The maximum Gasteiger partial charge on any atom is 0.243 e. The van der Waals surface area contributed by atoms with E-state index in [1.807, 2.05) is 24.3 Å². The zero-order chi connectivity index (χ0) is 21.1. The fraction of sp³-hybridized carbons (Fsp3) is 0.600. The van der Waals surface area contributed by atoms with Crippen molar-refractivity contribution in [3.63, 3.8) is 0 Å². The second-order valence-corrected chi connectivity index (χ2v) is 10.5. The molecule has 3 fully saturated rings. The molecule has 1 heterocycles. The van der Waals surface area contributed by atoms with Crippen molar-refractivity contribution < 1.29 is 9.59 Å². The van der Waals surface area contributed by atoms with Crippen molar-refractivity contribution >= 4 is 23.2 Å². The van der Waals surface area contributed by atoms with Crippen LogP contribution in [0.3, 0.4) is 0 Å². The number of amides is 2. The fourth-order valence-electron chi connectivity index (χ4n) is 7.61. The smallest absolute Gasteiger partial charge is 0.243 e. The first-order chi connectivity index (χ1) is 14.3. The number of nitrogens with one attached hydrogen (secondary N) is 2. The SMILES string of the molecule is C[C@]12C=CC(=O)NC1CCC1C2CC[C@]2(C)C(C(=O)Nc3cccc(N)c3)CCC12. The minimum absolute atomic E-state index is 0.0417. The second-order valence-electron chi connectivity index (χ2n) is 10.5. The zero-order valence-electron chi connectivity index (χ0n) is 18.0. The Hall–Kier alpha value is -2.30. The molecule has 1 aromatic carbocycles. The number of hydrogen-bond donors (Lipinski definition) is 3. The third-order valence-corrected chi connectivity index (χ3v) is 9.16. The molecule has 3 saturated carbocycles. The first-order valence-electron chi connectivity index (χ1n) is 11.5. The Balaban J connectivity index is 1.37. The molecule has 1 aromatic rings.